The molecule has 0 aliphatic rings. The van der Waals surface area contributed by atoms with Gasteiger partial charge in [-0.3, -0.25) is 0 Å². The van der Waals surface area contributed by atoms with Crippen LogP contribution in [0, 0.1) is 17.2 Å². The Morgan fingerprint density at radius 2 is 2.21 bits per heavy atom. The summed E-state index contributed by atoms with van der Waals surface area (Å²) in [6.07, 6.45) is 1.87. The predicted molar refractivity (Wildman–Crippen MR) is 69.6 cm³/mol. The Morgan fingerprint density at radius 3 is 2.74 bits per heavy atom. The summed E-state index contributed by atoms with van der Waals surface area (Å²) < 4.78 is 26.7. The van der Waals surface area contributed by atoms with Crippen molar-refractivity contribution >= 4 is 10.0 Å². The van der Waals surface area contributed by atoms with E-state index in [1.54, 1.807) is 6.07 Å². The van der Waals surface area contributed by atoms with E-state index in [0.717, 1.165) is 0 Å². The van der Waals surface area contributed by atoms with Gasteiger partial charge in [0.25, 0.3) is 0 Å². The van der Waals surface area contributed by atoms with Crippen LogP contribution in [-0.4, -0.2) is 31.2 Å². The van der Waals surface area contributed by atoms with Crippen molar-refractivity contribution in [3.63, 3.8) is 0 Å². The van der Waals surface area contributed by atoms with Gasteiger partial charge in [-0.25, -0.2) is 18.1 Å². The molecule has 1 aromatic rings. The molecule has 7 heteroatoms. The number of aliphatic hydroxyl groups is 1. The van der Waals surface area contributed by atoms with Crippen LogP contribution in [0.15, 0.2) is 23.2 Å². The van der Waals surface area contributed by atoms with E-state index in [9.17, 15) is 13.5 Å². The van der Waals surface area contributed by atoms with Crippen LogP contribution >= 0.6 is 0 Å². The van der Waals surface area contributed by atoms with Gasteiger partial charge in [0.15, 0.2) is 5.69 Å². The fourth-order valence-corrected chi connectivity index (χ4v) is 3.05. The molecule has 0 bridgehead atoms. The summed E-state index contributed by atoms with van der Waals surface area (Å²) in [5, 5.41) is 18.1. The molecule has 19 heavy (non-hydrogen) atoms. The lowest BCUT2D eigenvalue weighted by Crippen LogP contribution is -2.38. The van der Waals surface area contributed by atoms with Gasteiger partial charge in [0.1, 0.15) is 11.0 Å². The summed E-state index contributed by atoms with van der Waals surface area (Å²) in [5.41, 5.74) is -0.156. The van der Waals surface area contributed by atoms with Crippen LogP contribution in [0.3, 0.4) is 0 Å². The summed E-state index contributed by atoms with van der Waals surface area (Å²) >= 11 is 0. The largest absolute Gasteiger partial charge is 0.395 e. The van der Waals surface area contributed by atoms with Gasteiger partial charge >= 0.3 is 0 Å². The van der Waals surface area contributed by atoms with Crippen molar-refractivity contribution in [3.8, 4) is 6.07 Å². The van der Waals surface area contributed by atoms with Crippen LogP contribution in [0.25, 0.3) is 0 Å². The molecule has 1 heterocycles. The highest BCUT2D eigenvalue weighted by atomic mass is 32.2. The molecule has 1 unspecified atom stereocenters. The Labute approximate surface area is 113 Å². The predicted octanol–water partition coefficient (Wildman–Crippen LogP) is 0.639. The minimum atomic E-state index is -3.85. The minimum Gasteiger partial charge on any atom is -0.395 e. The number of nitrogens with zero attached hydrogens (tertiary/aromatic N) is 2. The lowest BCUT2D eigenvalue weighted by atomic mass is 10.1. The van der Waals surface area contributed by atoms with Gasteiger partial charge in [-0.1, -0.05) is 13.8 Å². The van der Waals surface area contributed by atoms with Gasteiger partial charge in [0.2, 0.25) is 10.0 Å². The first-order chi connectivity index (χ1) is 8.90. The highest BCUT2D eigenvalue weighted by molar-refractivity contribution is 7.89. The zero-order valence-corrected chi connectivity index (χ0v) is 11.7. The van der Waals surface area contributed by atoms with Gasteiger partial charge in [-0.15, -0.1) is 0 Å². The molecule has 6 nitrogen and oxygen atoms in total. The van der Waals surface area contributed by atoms with Crippen LogP contribution in [0.1, 0.15) is 26.0 Å². The van der Waals surface area contributed by atoms with Crippen molar-refractivity contribution in [2.24, 2.45) is 5.92 Å². The second-order valence-electron chi connectivity index (χ2n) is 4.59. The molecule has 104 valence electrons. The molecule has 0 aromatic carbocycles. The first-order valence-corrected chi connectivity index (χ1v) is 7.37. The number of nitrogens with one attached hydrogen (secondary N) is 1. The number of rotatable bonds is 6. The average Bonchev–Trinajstić information content (AvgIpc) is 2.37. The van der Waals surface area contributed by atoms with Crippen LogP contribution in [0.5, 0.6) is 0 Å². The smallest absolute Gasteiger partial charge is 0.243 e. The number of pyridine rings is 1. The van der Waals surface area contributed by atoms with Gasteiger partial charge in [0.05, 0.1) is 6.61 Å². The third-order valence-corrected chi connectivity index (χ3v) is 4.02. The SMILES string of the molecule is CC(C)CC(CO)NS(=O)(=O)c1cccnc1C#N. The Kier molecular flexibility index (Phi) is 5.42. The highest BCUT2D eigenvalue weighted by Crippen LogP contribution is 2.14. The molecule has 1 aromatic heterocycles. The van der Waals surface area contributed by atoms with Gasteiger partial charge in [-0.2, -0.15) is 5.26 Å². The maximum atomic E-state index is 12.1. The summed E-state index contributed by atoms with van der Waals surface area (Å²) in [7, 11) is -3.85. The van der Waals surface area contributed by atoms with Crippen LogP contribution in [0.2, 0.25) is 0 Å². The van der Waals surface area contributed by atoms with Crippen molar-refractivity contribution in [1.29, 1.82) is 5.26 Å². The molecule has 0 radical (unpaired) electrons. The average molecular weight is 283 g/mol. The number of hydrogen-bond donors (Lipinski definition) is 2. The quantitative estimate of drug-likeness (QED) is 0.797. The number of hydrogen-bond acceptors (Lipinski definition) is 5. The van der Waals surface area contributed by atoms with E-state index in [0.29, 0.717) is 6.42 Å². The molecule has 0 aliphatic carbocycles. The van der Waals surface area contributed by atoms with E-state index >= 15 is 0 Å². The van der Waals surface area contributed by atoms with E-state index in [1.165, 1.54) is 18.3 Å². The third kappa shape index (κ3) is 4.28. The van der Waals surface area contributed by atoms with Crippen molar-refractivity contribution in [2.75, 3.05) is 6.61 Å². The number of aromatic nitrogens is 1. The van der Waals surface area contributed by atoms with Crippen molar-refractivity contribution < 1.29 is 13.5 Å². The van der Waals surface area contributed by atoms with Gasteiger partial charge in [-0.05, 0) is 24.5 Å². The van der Waals surface area contributed by atoms with E-state index in [-0.39, 0.29) is 23.1 Å². The van der Waals surface area contributed by atoms with Crippen molar-refractivity contribution in [3.05, 3.63) is 24.0 Å². The Balaban J connectivity index is 3.01. The monoisotopic (exact) mass is 283 g/mol. The minimum absolute atomic E-state index is 0.156. The molecule has 0 fully saturated rings. The van der Waals surface area contributed by atoms with Crippen LogP contribution in [-0.2, 0) is 10.0 Å². The molecule has 1 rings (SSSR count). The van der Waals surface area contributed by atoms with Crippen molar-refractivity contribution in [1.82, 2.24) is 9.71 Å². The number of sulfonamides is 1. The molecule has 0 saturated heterocycles. The second kappa shape index (κ2) is 6.61. The molecule has 0 spiro atoms. The number of nitriles is 1. The summed E-state index contributed by atoms with van der Waals surface area (Å²) in [6, 6.07) is 3.94. The van der Waals surface area contributed by atoms with Crippen LogP contribution in [0.4, 0.5) is 0 Å². The number of aliphatic hydroxyl groups excluding tert-OH is 1. The first-order valence-electron chi connectivity index (χ1n) is 5.89. The molecule has 0 amide bonds. The van der Waals surface area contributed by atoms with E-state index in [2.05, 4.69) is 9.71 Å². The molecule has 2 N–H and O–H groups in total. The Morgan fingerprint density at radius 1 is 1.53 bits per heavy atom. The fraction of sp³-hybridized carbons (Fsp3) is 0.500. The van der Waals surface area contributed by atoms with Gasteiger partial charge in [0, 0.05) is 12.2 Å². The fourth-order valence-electron chi connectivity index (χ4n) is 1.70. The molecule has 0 saturated carbocycles. The molecule has 0 aliphatic heterocycles. The standard InChI is InChI=1S/C12H17N3O3S/c1-9(2)6-10(8-16)15-19(17,18)12-4-3-5-14-11(12)7-13/h3-5,9-10,15-16H,6,8H2,1-2H3. The zero-order chi connectivity index (χ0) is 14.5. The molecule has 1 atom stereocenters. The Hall–Kier alpha value is -1.49. The summed E-state index contributed by atoms with van der Waals surface area (Å²) in [5.74, 6) is 0.240. The highest BCUT2D eigenvalue weighted by Gasteiger charge is 2.23. The van der Waals surface area contributed by atoms with Crippen molar-refractivity contribution in [2.45, 2.75) is 31.2 Å². The maximum absolute atomic E-state index is 12.1. The summed E-state index contributed by atoms with van der Waals surface area (Å²) in [6.45, 7) is 3.57. The lowest BCUT2D eigenvalue weighted by Gasteiger charge is -2.18. The maximum Gasteiger partial charge on any atom is 0.243 e. The summed E-state index contributed by atoms with van der Waals surface area (Å²) in [4.78, 5) is 3.55. The van der Waals surface area contributed by atoms with E-state index in [4.69, 9.17) is 5.26 Å². The first kappa shape index (κ1) is 15.6. The van der Waals surface area contributed by atoms with E-state index in [1.807, 2.05) is 13.8 Å². The lowest BCUT2D eigenvalue weighted by molar-refractivity contribution is 0.240. The topological polar surface area (TPSA) is 103 Å². The molecular weight excluding hydrogens is 266 g/mol. The Bertz CT molecular complexity index is 564. The second-order valence-corrected chi connectivity index (χ2v) is 6.27. The zero-order valence-electron chi connectivity index (χ0n) is 10.9. The van der Waals surface area contributed by atoms with Crippen LogP contribution < -0.4 is 4.72 Å². The third-order valence-electron chi connectivity index (χ3n) is 2.46. The normalized spacial score (nSPS) is 13.2. The van der Waals surface area contributed by atoms with E-state index < -0.39 is 16.1 Å². The molecular formula is C12H17N3O3S. The van der Waals surface area contributed by atoms with Gasteiger partial charge < -0.3 is 5.11 Å².